The molecular formula is C31H63NO2. The van der Waals surface area contributed by atoms with Crippen molar-refractivity contribution in [2.24, 2.45) is 0 Å². The first kappa shape index (κ1) is 33.6. The minimum Gasteiger partial charge on any atom is -0.352 e. The van der Waals surface area contributed by atoms with E-state index in [2.05, 4.69) is 13.8 Å². The van der Waals surface area contributed by atoms with E-state index >= 15 is 0 Å². The Hall–Kier alpha value is -0.410. The van der Waals surface area contributed by atoms with Gasteiger partial charge in [-0.3, -0.25) is 0 Å². The summed E-state index contributed by atoms with van der Waals surface area (Å²) in [5.41, 5.74) is 0. The van der Waals surface area contributed by atoms with Crippen molar-refractivity contribution in [2.75, 3.05) is 13.2 Å². The zero-order valence-corrected chi connectivity index (χ0v) is 23.6. The normalized spacial score (nSPS) is 11.5. The summed E-state index contributed by atoms with van der Waals surface area (Å²) < 4.78 is 11.8. The fraction of sp³-hybridized carbons (Fsp3) is 0.968. The molecule has 0 atom stereocenters. The van der Waals surface area contributed by atoms with Gasteiger partial charge in [0.05, 0.1) is 0 Å². The number of hydrogen-bond donors (Lipinski definition) is 1. The summed E-state index contributed by atoms with van der Waals surface area (Å²) in [6, 6.07) is 0. The Labute approximate surface area is 215 Å². The third-order valence-corrected chi connectivity index (χ3v) is 6.91. The molecule has 34 heavy (non-hydrogen) atoms. The second-order valence-electron chi connectivity index (χ2n) is 10.4. The smallest absolute Gasteiger partial charge is 0.162 e. The van der Waals surface area contributed by atoms with Gasteiger partial charge in [-0.25, -0.2) is 0 Å². The molecule has 1 N–H and O–H groups in total. The Morgan fingerprint density at radius 1 is 0.441 bits per heavy atom. The number of nitrogens with one attached hydrogen (secondary N) is 1. The molecule has 0 aromatic rings. The van der Waals surface area contributed by atoms with Crippen LogP contribution in [0.2, 0.25) is 0 Å². The lowest BCUT2D eigenvalue weighted by atomic mass is 10.1. The van der Waals surface area contributed by atoms with E-state index < -0.39 is 0 Å². The molecule has 0 bridgehead atoms. The molecule has 0 heterocycles. The van der Waals surface area contributed by atoms with Crippen LogP contribution in [0.4, 0.5) is 0 Å². The Morgan fingerprint density at radius 2 is 0.706 bits per heavy atom. The highest BCUT2D eigenvalue weighted by atomic mass is 16.7. The molecule has 0 aliphatic rings. The van der Waals surface area contributed by atoms with E-state index in [-0.39, 0.29) is 6.29 Å². The van der Waals surface area contributed by atoms with Crippen LogP contribution in [0, 0.1) is 5.41 Å². The van der Waals surface area contributed by atoms with Gasteiger partial charge in [-0.05, 0) is 12.8 Å². The molecule has 204 valence electrons. The van der Waals surface area contributed by atoms with Gasteiger partial charge in [0.1, 0.15) is 0 Å². The molecule has 3 heteroatoms. The summed E-state index contributed by atoms with van der Waals surface area (Å²) in [4.78, 5) is 0. The van der Waals surface area contributed by atoms with Gasteiger partial charge >= 0.3 is 0 Å². The minimum absolute atomic E-state index is 0.210. The van der Waals surface area contributed by atoms with E-state index in [1.54, 1.807) is 0 Å². The van der Waals surface area contributed by atoms with Crippen LogP contribution < -0.4 is 0 Å². The first-order valence-electron chi connectivity index (χ1n) is 15.6. The summed E-state index contributed by atoms with van der Waals surface area (Å²) >= 11 is 0. The molecule has 0 aliphatic carbocycles. The van der Waals surface area contributed by atoms with Crippen LogP contribution in [0.5, 0.6) is 0 Å². The van der Waals surface area contributed by atoms with Crippen LogP contribution in [0.3, 0.4) is 0 Å². The summed E-state index contributed by atoms with van der Waals surface area (Å²) in [6.45, 7) is 6.11. The topological polar surface area (TPSA) is 42.3 Å². The fourth-order valence-electron chi connectivity index (χ4n) is 4.60. The lowest BCUT2D eigenvalue weighted by Gasteiger charge is -2.17. The quantitative estimate of drug-likeness (QED) is 0.0629. The van der Waals surface area contributed by atoms with Crippen LogP contribution in [0.1, 0.15) is 174 Å². The van der Waals surface area contributed by atoms with Crippen LogP contribution >= 0.6 is 0 Å². The van der Waals surface area contributed by atoms with Gasteiger partial charge in [0.2, 0.25) is 0 Å². The maximum absolute atomic E-state index is 7.40. The van der Waals surface area contributed by atoms with Crippen LogP contribution in [0.25, 0.3) is 0 Å². The summed E-state index contributed by atoms with van der Waals surface area (Å²) in [7, 11) is 0. The number of unbranched alkanes of at least 4 members (excludes halogenated alkanes) is 22. The van der Waals surface area contributed by atoms with Crippen molar-refractivity contribution in [1.82, 2.24) is 0 Å². The van der Waals surface area contributed by atoms with E-state index in [4.69, 9.17) is 14.9 Å². The van der Waals surface area contributed by atoms with E-state index in [9.17, 15) is 0 Å². The second kappa shape index (κ2) is 30.6. The van der Waals surface area contributed by atoms with Crippen molar-refractivity contribution in [3.63, 3.8) is 0 Å². The molecule has 0 rings (SSSR count). The molecule has 0 saturated carbocycles. The van der Waals surface area contributed by atoms with Crippen LogP contribution in [-0.4, -0.2) is 25.7 Å². The largest absolute Gasteiger partial charge is 0.352 e. The molecule has 0 unspecified atom stereocenters. The summed E-state index contributed by atoms with van der Waals surface area (Å²) in [5.74, 6) is 0. The van der Waals surface area contributed by atoms with Gasteiger partial charge in [0.25, 0.3) is 0 Å². The van der Waals surface area contributed by atoms with E-state index in [0.29, 0.717) is 6.42 Å². The molecule has 3 nitrogen and oxygen atoms in total. The molecule has 0 spiro atoms. The van der Waals surface area contributed by atoms with Gasteiger partial charge < -0.3 is 14.9 Å². The fourth-order valence-corrected chi connectivity index (χ4v) is 4.60. The molecule has 0 aromatic heterocycles. The number of rotatable bonds is 30. The van der Waals surface area contributed by atoms with Crippen molar-refractivity contribution in [2.45, 2.75) is 181 Å². The third-order valence-electron chi connectivity index (χ3n) is 6.91. The zero-order chi connectivity index (χ0) is 24.8. The van der Waals surface area contributed by atoms with Gasteiger partial charge in [0, 0.05) is 25.8 Å². The van der Waals surface area contributed by atoms with Crippen LogP contribution in [-0.2, 0) is 9.47 Å². The van der Waals surface area contributed by atoms with Gasteiger partial charge in [-0.1, -0.05) is 155 Å². The molecular weight excluding hydrogens is 418 g/mol. The molecule has 0 amide bonds. The lowest BCUT2D eigenvalue weighted by molar-refractivity contribution is -0.138. The first-order chi connectivity index (χ1) is 16.8. The van der Waals surface area contributed by atoms with Crippen molar-refractivity contribution >= 4 is 6.21 Å². The monoisotopic (exact) mass is 481 g/mol. The maximum atomic E-state index is 7.40. The Morgan fingerprint density at radius 3 is 0.971 bits per heavy atom. The molecule has 0 aromatic carbocycles. The highest BCUT2D eigenvalue weighted by Crippen LogP contribution is 2.14. The highest BCUT2D eigenvalue weighted by Gasteiger charge is 2.07. The van der Waals surface area contributed by atoms with E-state index in [1.165, 1.54) is 147 Å². The maximum Gasteiger partial charge on any atom is 0.162 e. The van der Waals surface area contributed by atoms with Gasteiger partial charge in [-0.15, -0.1) is 0 Å². The van der Waals surface area contributed by atoms with Crippen molar-refractivity contribution in [3.8, 4) is 0 Å². The molecule has 0 saturated heterocycles. The van der Waals surface area contributed by atoms with Crippen molar-refractivity contribution in [3.05, 3.63) is 0 Å². The highest BCUT2D eigenvalue weighted by molar-refractivity contribution is 5.53. The van der Waals surface area contributed by atoms with E-state index in [0.717, 1.165) is 26.1 Å². The summed E-state index contributed by atoms with van der Waals surface area (Å²) in [6.07, 6.45) is 34.5. The number of ether oxygens (including phenoxy) is 2. The van der Waals surface area contributed by atoms with Crippen molar-refractivity contribution in [1.29, 1.82) is 5.41 Å². The predicted molar refractivity (Wildman–Crippen MR) is 151 cm³/mol. The zero-order valence-electron chi connectivity index (χ0n) is 23.6. The molecule has 0 fully saturated rings. The third kappa shape index (κ3) is 27.8. The van der Waals surface area contributed by atoms with Crippen LogP contribution in [0.15, 0.2) is 0 Å². The van der Waals surface area contributed by atoms with E-state index in [1.807, 2.05) is 0 Å². The SMILES string of the molecule is CCCCCCCCCCCCCCOC(CC=N)OCCCCCCCCCCCCCC. The lowest BCUT2D eigenvalue weighted by Crippen LogP contribution is -2.19. The van der Waals surface area contributed by atoms with Crippen molar-refractivity contribution < 1.29 is 9.47 Å². The average molecular weight is 482 g/mol. The average Bonchev–Trinajstić information content (AvgIpc) is 2.84. The first-order valence-corrected chi connectivity index (χ1v) is 15.6. The Balaban J connectivity index is 3.38. The predicted octanol–water partition coefficient (Wildman–Crippen LogP) is 10.8. The second-order valence-corrected chi connectivity index (χ2v) is 10.4. The standard InChI is InChI=1S/C31H63NO2/c1-3-5-7-9-11-13-15-17-19-21-23-25-29-33-31(27-28-32)34-30-26-24-22-20-18-16-14-12-10-8-6-4-2/h28,31-32H,3-27,29-30H2,1-2H3. The Bertz CT molecular complexity index is 344. The van der Waals surface area contributed by atoms with Gasteiger partial charge in [-0.2, -0.15) is 0 Å². The Kier molecular flexibility index (Phi) is 30.3. The number of hydrogen-bond acceptors (Lipinski definition) is 3. The summed E-state index contributed by atoms with van der Waals surface area (Å²) in [5, 5.41) is 7.40. The molecule has 0 aliphatic heterocycles. The minimum atomic E-state index is -0.210. The van der Waals surface area contributed by atoms with Gasteiger partial charge in [0.15, 0.2) is 6.29 Å². The molecule has 0 radical (unpaired) electrons.